The molecular weight excluding hydrogens is 408 g/mol. The van der Waals surface area contributed by atoms with Crippen LogP contribution < -0.4 is 9.88 Å². The highest BCUT2D eigenvalue weighted by Gasteiger charge is 2.14. The molecule has 0 aliphatic heterocycles. The van der Waals surface area contributed by atoms with Crippen molar-refractivity contribution in [1.82, 2.24) is 5.32 Å². The van der Waals surface area contributed by atoms with E-state index in [1.807, 2.05) is 12.1 Å². The van der Waals surface area contributed by atoms with E-state index in [-0.39, 0.29) is 12.6 Å². The van der Waals surface area contributed by atoms with Crippen molar-refractivity contribution in [2.45, 2.75) is 128 Å². The van der Waals surface area contributed by atoms with E-state index in [0.717, 1.165) is 25.9 Å². The average Bonchev–Trinajstić information content (AvgIpc) is 2.84. The first-order chi connectivity index (χ1) is 16.3. The van der Waals surface area contributed by atoms with Crippen LogP contribution in [-0.4, -0.2) is 35.5 Å². The minimum atomic E-state index is -0.614. The summed E-state index contributed by atoms with van der Waals surface area (Å²) in [5, 5.41) is 23.3. The number of hydrogen-bond acceptors (Lipinski definition) is 3. The van der Waals surface area contributed by atoms with Crippen molar-refractivity contribution >= 4 is 0 Å². The Hall–Kier alpha value is -1.23. The fraction of sp³-hybridized carbons (Fsp3) is 0.759. The summed E-state index contributed by atoms with van der Waals surface area (Å²) < 4.78 is 2.22. The molecule has 0 aromatic carbocycles. The molecular formula is C29H53N2O2+. The van der Waals surface area contributed by atoms with Crippen molar-refractivity contribution in [2.75, 3.05) is 13.2 Å². The summed E-state index contributed by atoms with van der Waals surface area (Å²) in [5.41, 5.74) is 0. The minimum Gasteiger partial charge on any atom is -0.395 e. The van der Waals surface area contributed by atoms with Gasteiger partial charge in [-0.3, -0.25) is 0 Å². The zero-order chi connectivity index (χ0) is 23.8. The number of pyridine rings is 1. The second-order valence-electron chi connectivity index (χ2n) is 9.51. The smallest absolute Gasteiger partial charge is 0.168 e. The second kappa shape index (κ2) is 22.6. The molecule has 1 aromatic rings. The van der Waals surface area contributed by atoms with Gasteiger partial charge in [-0.05, 0) is 32.2 Å². The predicted molar refractivity (Wildman–Crippen MR) is 140 cm³/mol. The maximum Gasteiger partial charge on any atom is 0.168 e. The Labute approximate surface area is 204 Å². The number of aliphatic hydroxyl groups is 2. The molecule has 2 atom stereocenters. The molecule has 0 amide bonds. The molecule has 0 aliphatic carbocycles. The normalized spacial score (nSPS) is 13.5. The summed E-state index contributed by atoms with van der Waals surface area (Å²) >= 11 is 0. The Kier molecular flexibility index (Phi) is 20.4. The van der Waals surface area contributed by atoms with Crippen molar-refractivity contribution < 1.29 is 14.8 Å². The number of aliphatic hydroxyl groups excluding tert-OH is 2. The quantitative estimate of drug-likeness (QED) is 0.105. The van der Waals surface area contributed by atoms with Gasteiger partial charge in [-0.15, -0.1) is 0 Å². The summed E-state index contributed by atoms with van der Waals surface area (Å²) in [7, 11) is 0. The summed E-state index contributed by atoms with van der Waals surface area (Å²) in [4.78, 5) is 0. The summed E-state index contributed by atoms with van der Waals surface area (Å²) in [6.07, 6.45) is 28.1. The molecule has 0 bridgehead atoms. The Bertz CT molecular complexity index is 550. The number of rotatable bonds is 23. The van der Waals surface area contributed by atoms with Crippen LogP contribution in [0.2, 0.25) is 0 Å². The molecule has 0 saturated heterocycles. The molecule has 0 saturated carbocycles. The monoisotopic (exact) mass is 461 g/mol. The summed E-state index contributed by atoms with van der Waals surface area (Å²) in [6.45, 7) is 4.15. The minimum absolute atomic E-state index is 0.0331. The standard InChI is InChI=1S/C29H53N2O2/c1-2-3-4-5-6-7-8-9-10-11-12-13-17-22-29(33)28(27-32)30-23-18-14-15-19-24-31-25-20-16-21-26-31/h16-17,20-22,25-26,28-30,32-33H,2-15,18-19,23-24,27H2,1H3/q+1/b22-17+/t28-,29-/m0/s1. The molecule has 1 rings (SSSR count). The largest absolute Gasteiger partial charge is 0.395 e. The third-order valence-corrected chi connectivity index (χ3v) is 6.44. The van der Waals surface area contributed by atoms with Crippen molar-refractivity contribution in [1.29, 1.82) is 0 Å². The fourth-order valence-electron chi connectivity index (χ4n) is 4.23. The van der Waals surface area contributed by atoms with Crippen LogP contribution >= 0.6 is 0 Å². The summed E-state index contributed by atoms with van der Waals surface area (Å²) in [6, 6.07) is 5.91. The lowest BCUT2D eigenvalue weighted by Crippen LogP contribution is -2.42. The molecule has 3 N–H and O–H groups in total. The van der Waals surface area contributed by atoms with E-state index >= 15 is 0 Å². The second-order valence-corrected chi connectivity index (χ2v) is 9.51. The van der Waals surface area contributed by atoms with Crippen LogP contribution in [0.4, 0.5) is 0 Å². The molecule has 190 valence electrons. The third kappa shape index (κ3) is 17.9. The lowest BCUT2D eigenvalue weighted by Gasteiger charge is -2.19. The van der Waals surface area contributed by atoms with Gasteiger partial charge in [-0.2, -0.15) is 0 Å². The topological polar surface area (TPSA) is 56.4 Å². The predicted octanol–water partition coefficient (Wildman–Crippen LogP) is 6.10. The van der Waals surface area contributed by atoms with Crippen LogP contribution in [0.3, 0.4) is 0 Å². The third-order valence-electron chi connectivity index (χ3n) is 6.44. The highest BCUT2D eigenvalue weighted by Crippen LogP contribution is 2.12. The van der Waals surface area contributed by atoms with Gasteiger partial charge in [0.25, 0.3) is 0 Å². The van der Waals surface area contributed by atoms with E-state index in [1.165, 1.54) is 89.9 Å². The number of nitrogens with zero attached hydrogens (tertiary/aromatic N) is 1. The molecule has 0 fully saturated rings. The van der Waals surface area contributed by atoms with E-state index in [9.17, 15) is 10.2 Å². The maximum atomic E-state index is 10.3. The lowest BCUT2D eigenvalue weighted by molar-refractivity contribution is -0.697. The highest BCUT2D eigenvalue weighted by atomic mass is 16.3. The van der Waals surface area contributed by atoms with Crippen LogP contribution in [-0.2, 0) is 6.54 Å². The zero-order valence-electron chi connectivity index (χ0n) is 21.5. The first kappa shape index (κ1) is 29.8. The zero-order valence-corrected chi connectivity index (χ0v) is 21.5. The Morgan fingerprint density at radius 3 is 1.97 bits per heavy atom. The number of aromatic nitrogens is 1. The Morgan fingerprint density at radius 1 is 0.758 bits per heavy atom. The Balaban J connectivity index is 1.94. The maximum absolute atomic E-state index is 10.3. The van der Waals surface area contributed by atoms with E-state index < -0.39 is 6.10 Å². The number of unbranched alkanes of at least 4 members (excludes halogenated alkanes) is 14. The van der Waals surface area contributed by atoms with Crippen molar-refractivity contribution in [3.63, 3.8) is 0 Å². The SMILES string of the molecule is CCCCCCCCCCCCC/C=C/[C@H](O)[C@H](CO)NCCCCCC[n+]1ccccc1. The number of hydrogen-bond donors (Lipinski definition) is 3. The molecule has 4 heteroatoms. The van der Waals surface area contributed by atoms with Crippen molar-refractivity contribution in [2.24, 2.45) is 0 Å². The molecule has 33 heavy (non-hydrogen) atoms. The Morgan fingerprint density at radius 2 is 1.33 bits per heavy atom. The van der Waals surface area contributed by atoms with E-state index in [4.69, 9.17) is 0 Å². The molecule has 1 heterocycles. The molecule has 4 nitrogen and oxygen atoms in total. The molecule has 0 radical (unpaired) electrons. The van der Waals surface area contributed by atoms with Gasteiger partial charge in [-0.25, -0.2) is 4.57 Å². The molecule has 0 aliphatic rings. The molecule has 1 aromatic heterocycles. The van der Waals surface area contributed by atoms with Crippen LogP contribution in [0.5, 0.6) is 0 Å². The molecule has 0 spiro atoms. The number of nitrogens with one attached hydrogen (secondary N) is 1. The van der Waals surface area contributed by atoms with Crippen LogP contribution in [0, 0.1) is 0 Å². The van der Waals surface area contributed by atoms with E-state index in [2.05, 4.69) is 47.4 Å². The fourth-order valence-corrected chi connectivity index (χ4v) is 4.23. The lowest BCUT2D eigenvalue weighted by atomic mass is 10.0. The molecule has 0 unspecified atom stereocenters. The summed E-state index contributed by atoms with van der Waals surface area (Å²) in [5.74, 6) is 0. The van der Waals surface area contributed by atoms with Gasteiger partial charge in [0.15, 0.2) is 12.4 Å². The van der Waals surface area contributed by atoms with Gasteiger partial charge in [0, 0.05) is 18.6 Å². The van der Waals surface area contributed by atoms with Gasteiger partial charge < -0.3 is 15.5 Å². The van der Waals surface area contributed by atoms with Gasteiger partial charge in [0.2, 0.25) is 0 Å². The van der Waals surface area contributed by atoms with Crippen LogP contribution in [0.25, 0.3) is 0 Å². The van der Waals surface area contributed by atoms with E-state index in [1.54, 1.807) is 0 Å². The number of aryl methyl sites for hydroxylation is 1. The first-order valence-electron chi connectivity index (χ1n) is 13.9. The van der Waals surface area contributed by atoms with E-state index in [0.29, 0.717) is 0 Å². The van der Waals surface area contributed by atoms with Gasteiger partial charge in [0.1, 0.15) is 6.54 Å². The van der Waals surface area contributed by atoms with Crippen molar-refractivity contribution in [3.05, 3.63) is 42.7 Å². The van der Waals surface area contributed by atoms with Gasteiger partial charge in [-0.1, -0.05) is 95.8 Å². The average molecular weight is 462 g/mol. The first-order valence-corrected chi connectivity index (χ1v) is 13.9. The van der Waals surface area contributed by atoms with Crippen LogP contribution in [0.1, 0.15) is 110 Å². The van der Waals surface area contributed by atoms with Crippen molar-refractivity contribution in [3.8, 4) is 0 Å². The number of allylic oxidation sites excluding steroid dienone is 1. The van der Waals surface area contributed by atoms with Gasteiger partial charge >= 0.3 is 0 Å². The van der Waals surface area contributed by atoms with Gasteiger partial charge in [0.05, 0.1) is 18.8 Å². The highest BCUT2D eigenvalue weighted by molar-refractivity contribution is 4.94. The van der Waals surface area contributed by atoms with Crippen LogP contribution in [0.15, 0.2) is 42.7 Å².